The second-order valence-corrected chi connectivity index (χ2v) is 5.36. The van der Waals surface area contributed by atoms with Crippen LogP contribution in [0.1, 0.15) is 20.3 Å². The smallest absolute Gasteiger partial charge is 0.314 e. The number of nitrogens with one attached hydrogen (secondary N) is 2. The van der Waals surface area contributed by atoms with Crippen LogP contribution < -0.4 is 10.6 Å². The summed E-state index contributed by atoms with van der Waals surface area (Å²) in [7, 11) is -4.21. The van der Waals surface area contributed by atoms with Gasteiger partial charge < -0.3 is 10.6 Å². The Kier molecular flexibility index (Phi) is 5.08. The zero-order valence-corrected chi connectivity index (χ0v) is 11.5. The van der Waals surface area contributed by atoms with Gasteiger partial charge in [-0.15, -0.1) is 0 Å². The van der Waals surface area contributed by atoms with Crippen LogP contribution in [0.2, 0.25) is 0 Å². The standard InChI is InChI=1S/C12H16N2O4S/c1-3-9(2)8-13-12(15)14-10-4-6-11(7-5-10)19(16,17)18/h4-8H,3H2,1-2H3,(H2,13,14,15)(H,16,17,18)/b9-8+. The fourth-order valence-electron chi connectivity index (χ4n) is 1.17. The number of allylic oxidation sites excluding steroid dienone is 1. The lowest BCUT2D eigenvalue weighted by Crippen LogP contribution is -2.24. The molecule has 3 N–H and O–H groups in total. The highest BCUT2D eigenvalue weighted by Crippen LogP contribution is 2.13. The van der Waals surface area contributed by atoms with Gasteiger partial charge in [0.05, 0.1) is 4.90 Å². The summed E-state index contributed by atoms with van der Waals surface area (Å²) in [6.45, 7) is 3.86. The average Bonchev–Trinajstić information content (AvgIpc) is 2.35. The molecule has 1 aromatic rings. The Labute approximate surface area is 112 Å². The molecule has 0 fully saturated rings. The molecule has 0 spiro atoms. The number of amides is 2. The molecule has 7 heteroatoms. The van der Waals surface area contributed by atoms with Gasteiger partial charge in [-0.25, -0.2) is 4.79 Å². The van der Waals surface area contributed by atoms with E-state index in [0.29, 0.717) is 5.69 Å². The molecule has 0 aliphatic rings. The Morgan fingerprint density at radius 3 is 2.37 bits per heavy atom. The third kappa shape index (κ3) is 5.11. The average molecular weight is 284 g/mol. The van der Waals surface area contributed by atoms with E-state index in [-0.39, 0.29) is 4.90 Å². The lowest BCUT2D eigenvalue weighted by molar-refractivity contribution is 0.255. The Morgan fingerprint density at radius 1 is 1.32 bits per heavy atom. The maximum atomic E-state index is 11.5. The predicted octanol–water partition coefficient (Wildman–Crippen LogP) is 2.37. The number of hydrogen-bond donors (Lipinski definition) is 3. The third-order valence-corrected chi connectivity index (χ3v) is 3.29. The SMILES string of the molecule is CC/C(C)=C/NC(=O)Nc1ccc(S(=O)(=O)O)cc1. The van der Waals surface area contributed by atoms with E-state index in [1.807, 2.05) is 13.8 Å². The van der Waals surface area contributed by atoms with E-state index in [2.05, 4.69) is 10.6 Å². The monoisotopic (exact) mass is 284 g/mol. The van der Waals surface area contributed by atoms with E-state index in [4.69, 9.17) is 4.55 Å². The molecule has 104 valence electrons. The molecule has 0 saturated carbocycles. The summed E-state index contributed by atoms with van der Waals surface area (Å²) in [4.78, 5) is 11.3. The van der Waals surface area contributed by atoms with E-state index < -0.39 is 16.1 Å². The minimum atomic E-state index is -4.21. The molecule has 6 nitrogen and oxygen atoms in total. The van der Waals surface area contributed by atoms with Crippen LogP contribution >= 0.6 is 0 Å². The van der Waals surface area contributed by atoms with E-state index in [1.54, 1.807) is 6.20 Å². The molecule has 19 heavy (non-hydrogen) atoms. The van der Waals surface area contributed by atoms with Crippen molar-refractivity contribution in [1.82, 2.24) is 5.32 Å². The highest BCUT2D eigenvalue weighted by molar-refractivity contribution is 7.85. The summed E-state index contributed by atoms with van der Waals surface area (Å²) >= 11 is 0. The lowest BCUT2D eigenvalue weighted by atomic mass is 10.3. The zero-order valence-electron chi connectivity index (χ0n) is 10.7. The fourth-order valence-corrected chi connectivity index (χ4v) is 1.65. The first-order valence-electron chi connectivity index (χ1n) is 5.63. The molecule has 0 atom stereocenters. The molecule has 0 radical (unpaired) electrons. The molecule has 0 heterocycles. The molecule has 0 saturated heterocycles. The molecule has 2 amide bonds. The minimum Gasteiger partial charge on any atom is -0.314 e. The molecular weight excluding hydrogens is 268 g/mol. The Balaban J connectivity index is 2.66. The van der Waals surface area contributed by atoms with Crippen molar-refractivity contribution < 1.29 is 17.8 Å². The van der Waals surface area contributed by atoms with Gasteiger partial charge in [0.15, 0.2) is 0 Å². The molecule has 0 bridgehead atoms. The summed E-state index contributed by atoms with van der Waals surface area (Å²) in [5, 5.41) is 5.08. The summed E-state index contributed by atoms with van der Waals surface area (Å²) in [6.07, 6.45) is 2.44. The number of hydrogen-bond acceptors (Lipinski definition) is 3. The van der Waals surface area contributed by atoms with Gasteiger partial charge in [-0.2, -0.15) is 8.42 Å². The van der Waals surface area contributed by atoms with Gasteiger partial charge in [0.25, 0.3) is 10.1 Å². The van der Waals surface area contributed by atoms with Crippen molar-refractivity contribution in [3.8, 4) is 0 Å². The van der Waals surface area contributed by atoms with Crippen molar-refractivity contribution in [3.63, 3.8) is 0 Å². The van der Waals surface area contributed by atoms with Crippen molar-refractivity contribution in [1.29, 1.82) is 0 Å². The summed E-state index contributed by atoms with van der Waals surface area (Å²) in [5.41, 5.74) is 1.45. The van der Waals surface area contributed by atoms with Crippen molar-refractivity contribution in [2.45, 2.75) is 25.2 Å². The van der Waals surface area contributed by atoms with Gasteiger partial charge in [-0.05, 0) is 37.6 Å². The maximum Gasteiger partial charge on any atom is 0.323 e. The third-order valence-electron chi connectivity index (χ3n) is 2.42. The van der Waals surface area contributed by atoms with Gasteiger partial charge >= 0.3 is 6.03 Å². The van der Waals surface area contributed by atoms with Crippen LogP contribution in [0.5, 0.6) is 0 Å². The van der Waals surface area contributed by atoms with Crippen LogP contribution in [-0.4, -0.2) is 19.0 Å². The quantitative estimate of drug-likeness (QED) is 0.740. The highest BCUT2D eigenvalue weighted by atomic mass is 32.2. The summed E-state index contributed by atoms with van der Waals surface area (Å²) in [6, 6.07) is 4.77. The molecular formula is C12H16N2O4S. The van der Waals surface area contributed by atoms with Crippen LogP contribution in [0.25, 0.3) is 0 Å². The van der Waals surface area contributed by atoms with Crippen molar-refractivity contribution in [2.24, 2.45) is 0 Å². The van der Waals surface area contributed by atoms with Crippen LogP contribution in [-0.2, 0) is 10.1 Å². The number of anilines is 1. The zero-order chi connectivity index (χ0) is 14.5. The second-order valence-electron chi connectivity index (χ2n) is 3.94. The minimum absolute atomic E-state index is 0.222. The normalized spacial score (nSPS) is 12.1. The van der Waals surface area contributed by atoms with Crippen molar-refractivity contribution >= 4 is 21.8 Å². The van der Waals surface area contributed by atoms with E-state index >= 15 is 0 Å². The molecule has 0 aliphatic heterocycles. The molecule has 1 aromatic carbocycles. The first kappa shape index (κ1) is 15.2. The highest BCUT2D eigenvalue weighted by Gasteiger charge is 2.08. The lowest BCUT2D eigenvalue weighted by Gasteiger charge is -2.06. The number of rotatable bonds is 4. The predicted molar refractivity (Wildman–Crippen MR) is 72.5 cm³/mol. The van der Waals surface area contributed by atoms with Crippen LogP contribution in [0.4, 0.5) is 10.5 Å². The van der Waals surface area contributed by atoms with E-state index in [9.17, 15) is 13.2 Å². The van der Waals surface area contributed by atoms with Gasteiger partial charge in [-0.3, -0.25) is 4.55 Å². The van der Waals surface area contributed by atoms with Gasteiger partial charge in [0.2, 0.25) is 0 Å². The first-order chi connectivity index (χ1) is 8.82. The Bertz CT molecular complexity index is 576. The van der Waals surface area contributed by atoms with Gasteiger partial charge in [0, 0.05) is 11.9 Å². The van der Waals surface area contributed by atoms with Crippen molar-refractivity contribution in [2.75, 3.05) is 5.32 Å². The van der Waals surface area contributed by atoms with Crippen molar-refractivity contribution in [3.05, 3.63) is 36.0 Å². The van der Waals surface area contributed by atoms with Gasteiger partial charge in [0.1, 0.15) is 0 Å². The topological polar surface area (TPSA) is 95.5 Å². The van der Waals surface area contributed by atoms with E-state index in [1.165, 1.54) is 24.3 Å². The number of urea groups is 1. The number of carbonyl (C=O) groups excluding carboxylic acids is 1. The molecule has 0 aromatic heterocycles. The number of benzene rings is 1. The maximum absolute atomic E-state index is 11.5. The van der Waals surface area contributed by atoms with Crippen LogP contribution in [0.3, 0.4) is 0 Å². The van der Waals surface area contributed by atoms with Crippen LogP contribution in [0.15, 0.2) is 40.9 Å². The Hall–Kier alpha value is -1.86. The summed E-state index contributed by atoms with van der Waals surface area (Å²) in [5.74, 6) is 0. The largest absolute Gasteiger partial charge is 0.323 e. The first-order valence-corrected chi connectivity index (χ1v) is 7.07. The Morgan fingerprint density at radius 2 is 1.89 bits per heavy atom. The second kappa shape index (κ2) is 6.35. The van der Waals surface area contributed by atoms with Gasteiger partial charge in [-0.1, -0.05) is 12.5 Å². The molecule has 0 unspecified atom stereocenters. The molecule has 1 rings (SSSR count). The fraction of sp³-hybridized carbons (Fsp3) is 0.250. The van der Waals surface area contributed by atoms with Crippen LogP contribution in [0, 0.1) is 0 Å². The summed E-state index contributed by atoms with van der Waals surface area (Å²) < 4.78 is 30.4. The molecule has 0 aliphatic carbocycles. The van der Waals surface area contributed by atoms with E-state index in [0.717, 1.165) is 12.0 Å². The number of carbonyl (C=O) groups is 1.